The molecule has 0 radical (unpaired) electrons. The van der Waals surface area contributed by atoms with E-state index in [1.165, 1.54) is 0 Å². The number of aromatic nitrogens is 1. The fourth-order valence-corrected chi connectivity index (χ4v) is 0.966. The first-order valence-corrected chi connectivity index (χ1v) is 4.36. The number of aryl methyl sites for hydroxylation is 1. The predicted octanol–water partition coefficient (Wildman–Crippen LogP) is 1.67. The predicted molar refractivity (Wildman–Crippen MR) is 54.3 cm³/mol. The fraction of sp³-hybridized carbons (Fsp3) is 0.400. The van der Waals surface area contributed by atoms with Gasteiger partial charge in [-0.25, -0.2) is 9.78 Å². The molecule has 1 heterocycles. The van der Waals surface area contributed by atoms with Gasteiger partial charge in [-0.05, 0) is 32.4 Å². The van der Waals surface area contributed by atoms with Gasteiger partial charge < -0.3 is 10.4 Å². The van der Waals surface area contributed by atoms with Crippen molar-refractivity contribution in [2.24, 2.45) is 0 Å². The zero-order valence-electron chi connectivity index (χ0n) is 8.53. The van der Waals surface area contributed by atoms with Gasteiger partial charge in [-0.15, -0.1) is 0 Å². The number of hydrogen-bond acceptors (Lipinski definition) is 3. The van der Waals surface area contributed by atoms with Gasteiger partial charge in [-0.2, -0.15) is 0 Å². The minimum Gasteiger partial charge on any atom is -0.480 e. The number of carboxylic acid groups (broad SMARTS) is 1. The number of carbonyl (C=O) groups is 1. The third kappa shape index (κ3) is 2.22. The summed E-state index contributed by atoms with van der Waals surface area (Å²) in [5.74, 6) is -0.289. The van der Waals surface area contributed by atoms with Crippen molar-refractivity contribution in [1.29, 1.82) is 0 Å². The first-order valence-electron chi connectivity index (χ1n) is 4.36. The van der Waals surface area contributed by atoms with Crippen molar-refractivity contribution in [3.63, 3.8) is 0 Å². The molecule has 14 heavy (non-hydrogen) atoms. The largest absolute Gasteiger partial charge is 0.480 e. The minimum absolute atomic E-state index is 0.611. The lowest BCUT2D eigenvalue weighted by Crippen LogP contribution is -2.40. The molecule has 76 valence electrons. The van der Waals surface area contributed by atoms with Crippen molar-refractivity contribution in [2.75, 3.05) is 5.32 Å². The standard InChI is InChI=1S/C10H14N2O2/c1-7-5-4-6-11-8(7)12-10(2,3)9(13)14/h4-6H,1-3H3,(H,11,12)(H,13,14). The molecule has 0 atom stereocenters. The maximum Gasteiger partial charge on any atom is 0.328 e. The Balaban J connectivity index is 2.89. The zero-order valence-corrected chi connectivity index (χ0v) is 8.53. The molecule has 1 aromatic rings. The van der Waals surface area contributed by atoms with Crippen LogP contribution in [0.5, 0.6) is 0 Å². The van der Waals surface area contributed by atoms with Crippen LogP contribution in [0.25, 0.3) is 0 Å². The highest BCUT2D eigenvalue weighted by atomic mass is 16.4. The number of hydrogen-bond donors (Lipinski definition) is 2. The van der Waals surface area contributed by atoms with Gasteiger partial charge in [-0.3, -0.25) is 0 Å². The van der Waals surface area contributed by atoms with Gasteiger partial charge in [0.2, 0.25) is 0 Å². The minimum atomic E-state index is -1.00. The summed E-state index contributed by atoms with van der Waals surface area (Å²) >= 11 is 0. The lowest BCUT2D eigenvalue weighted by Gasteiger charge is -2.22. The molecule has 0 aromatic carbocycles. The zero-order chi connectivity index (χ0) is 10.8. The molecule has 0 saturated heterocycles. The monoisotopic (exact) mass is 194 g/mol. The van der Waals surface area contributed by atoms with E-state index in [0.717, 1.165) is 5.56 Å². The third-order valence-corrected chi connectivity index (χ3v) is 1.98. The molecule has 1 aromatic heterocycles. The lowest BCUT2D eigenvalue weighted by atomic mass is 10.1. The van der Waals surface area contributed by atoms with E-state index in [1.807, 2.05) is 19.1 Å². The second-order valence-electron chi connectivity index (χ2n) is 3.72. The van der Waals surface area contributed by atoms with E-state index in [2.05, 4.69) is 10.3 Å². The molecule has 0 fully saturated rings. The van der Waals surface area contributed by atoms with Crippen molar-refractivity contribution < 1.29 is 9.90 Å². The Morgan fingerprint density at radius 3 is 2.71 bits per heavy atom. The van der Waals surface area contributed by atoms with Gasteiger partial charge in [0.1, 0.15) is 11.4 Å². The summed E-state index contributed by atoms with van der Waals surface area (Å²) in [6, 6.07) is 3.70. The van der Waals surface area contributed by atoms with E-state index >= 15 is 0 Å². The molecule has 4 nitrogen and oxygen atoms in total. The van der Waals surface area contributed by atoms with Gasteiger partial charge in [-0.1, -0.05) is 6.07 Å². The summed E-state index contributed by atoms with van der Waals surface area (Å²) in [5, 5.41) is 11.8. The van der Waals surface area contributed by atoms with E-state index in [9.17, 15) is 4.79 Å². The van der Waals surface area contributed by atoms with Gasteiger partial charge in [0, 0.05) is 6.20 Å². The van der Waals surface area contributed by atoms with Crippen LogP contribution < -0.4 is 5.32 Å². The number of carboxylic acids is 1. The number of anilines is 1. The normalized spacial score (nSPS) is 11.1. The number of nitrogens with zero attached hydrogens (tertiary/aromatic N) is 1. The van der Waals surface area contributed by atoms with Crippen LogP contribution in [0.3, 0.4) is 0 Å². The Hall–Kier alpha value is -1.58. The van der Waals surface area contributed by atoms with E-state index < -0.39 is 11.5 Å². The highest BCUT2D eigenvalue weighted by molar-refractivity contribution is 5.81. The van der Waals surface area contributed by atoms with Crippen LogP contribution in [0.2, 0.25) is 0 Å². The molecule has 0 bridgehead atoms. The van der Waals surface area contributed by atoms with Crippen molar-refractivity contribution in [2.45, 2.75) is 26.3 Å². The van der Waals surface area contributed by atoms with Crippen molar-refractivity contribution >= 4 is 11.8 Å². The first-order chi connectivity index (χ1) is 6.43. The number of aliphatic carboxylic acids is 1. The second kappa shape index (κ2) is 3.65. The van der Waals surface area contributed by atoms with Crippen LogP contribution in [0.4, 0.5) is 5.82 Å². The van der Waals surface area contributed by atoms with Crippen LogP contribution in [0.15, 0.2) is 18.3 Å². The van der Waals surface area contributed by atoms with Gasteiger partial charge in [0.15, 0.2) is 0 Å². The number of pyridine rings is 1. The maximum absolute atomic E-state index is 10.8. The van der Waals surface area contributed by atoms with Gasteiger partial charge in [0.05, 0.1) is 0 Å². The topological polar surface area (TPSA) is 62.2 Å². The van der Waals surface area contributed by atoms with Crippen LogP contribution >= 0.6 is 0 Å². The van der Waals surface area contributed by atoms with E-state index in [0.29, 0.717) is 5.82 Å². The molecule has 4 heteroatoms. The molecule has 0 unspecified atom stereocenters. The molecule has 0 aliphatic carbocycles. The van der Waals surface area contributed by atoms with Crippen LogP contribution in [-0.2, 0) is 4.79 Å². The highest BCUT2D eigenvalue weighted by Gasteiger charge is 2.27. The average Bonchev–Trinajstić information content (AvgIpc) is 2.08. The van der Waals surface area contributed by atoms with E-state index in [-0.39, 0.29) is 0 Å². The Bertz CT molecular complexity index is 348. The van der Waals surface area contributed by atoms with Gasteiger partial charge in [0.25, 0.3) is 0 Å². The summed E-state index contributed by atoms with van der Waals surface area (Å²) in [6.07, 6.45) is 1.63. The summed E-state index contributed by atoms with van der Waals surface area (Å²) in [4.78, 5) is 14.9. The van der Waals surface area contributed by atoms with Crippen molar-refractivity contribution in [3.05, 3.63) is 23.9 Å². The Morgan fingerprint density at radius 2 is 2.21 bits per heavy atom. The lowest BCUT2D eigenvalue weighted by molar-refractivity contribution is -0.141. The number of rotatable bonds is 3. The summed E-state index contributed by atoms with van der Waals surface area (Å²) in [6.45, 7) is 5.08. The van der Waals surface area contributed by atoms with E-state index in [4.69, 9.17) is 5.11 Å². The number of nitrogens with one attached hydrogen (secondary N) is 1. The fourth-order valence-electron chi connectivity index (χ4n) is 0.966. The molecular formula is C10H14N2O2. The highest BCUT2D eigenvalue weighted by Crippen LogP contribution is 2.16. The molecule has 0 aliphatic heterocycles. The smallest absolute Gasteiger partial charge is 0.328 e. The molecule has 0 spiro atoms. The molecular weight excluding hydrogens is 180 g/mol. The Morgan fingerprint density at radius 1 is 1.57 bits per heavy atom. The third-order valence-electron chi connectivity index (χ3n) is 1.98. The second-order valence-corrected chi connectivity index (χ2v) is 3.72. The van der Waals surface area contributed by atoms with Crippen molar-refractivity contribution in [1.82, 2.24) is 4.98 Å². The Kier molecular flexibility index (Phi) is 2.74. The van der Waals surface area contributed by atoms with Crippen LogP contribution in [0.1, 0.15) is 19.4 Å². The van der Waals surface area contributed by atoms with Crippen molar-refractivity contribution in [3.8, 4) is 0 Å². The first kappa shape index (κ1) is 10.5. The molecule has 0 saturated carbocycles. The van der Waals surface area contributed by atoms with Crippen LogP contribution in [0, 0.1) is 6.92 Å². The average molecular weight is 194 g/mol. The van der Waals surface area contributed by atoms with Gasteiger partial charge >= 0.3 is 5.97 Å². The molecule has 0 amide bonds. The summed E-state index contributed by atoms with van der Waals surface area (Å²) < 4.78 is 0. The molecule has 2 N–H and O–H groups in total. The summed E-state index contributed by atoms with van der Waals surface area (Å²) in [5.41, 5.74) is -0.0686. The molecule has 1 rings (SSSR count). The quantitative estimate of drug-likeness (QED) is 0.768. The van der Waals surface area contributed by atoms with E-state index in [1.54, 1.807) is 20.0 Å². The summed E-state index contributed by atoms with van der Waals surface area (Å²) in [7, 11) is 0. The Labute approximate surface area is 83.0 Å². The SMILES string of the molecule is Cc1cccnc1NC(C)(C)C(=O)O. The maximum atomic E-state index is 10.8. The van der Waals surface area contributed by atoms with Crippen LogP contribution in [-0.4, -0.2) is 21.6 Å². The molecule has 0 aliphatic rings.